The molecule has 1 aliphatic heterocycles. The number of amides is 3. The summed E-state index contributed by atoms with van der Waals surface area (Å²) in [5.41, 5.74) is 9.88. The van der Waals surface area contributed by atoms with Gasteiger partial charge in [0.1, 0.15) is 5.75 Å². The van der Waals surface area contributed by atoms with Crippen molar-refractivity contribution in [1.29, 1.82) is 0 Å². The molecule has 1 fully saturated rings. The van der Waals surface area contributed by atoms with Crippen molar-refractivity contribution >= 4 is 29.1 Å². The zero-order valence-electron chi connectivity index (χ0n) is 19.1. The van der Waals surface area contributed by atoms with Gasteiger partial charge in [-0.3, -0.25) is 14.4 Å². The SMILES string of the molecule is NCc1ccc(NC(=O)c2ccc(CN(C(=O)c3ccc4c(c3)OCC(=O)N4)C3CC3)cc2)cc1. The number of hydrogen-bond donors (Lipinski definition) is 3. The van der Waals surface area contributed by atoms with Crippen LogP contribution in [0.5, 0.6) is 5.75 Å². The minimum Gasteiger partial charge on any atom is -0.482 e. The maximum absolute atomic E-state index is 13.3. The highest BCUT2D eigenvalue weighted by Gasteiger charge is 2.33. The number of nitrogens with zero attached hydrogens (tertiary/aromatic N) is 1. The Morgan fingerprint density at radius 1 is 0.971 bits per heavy atom. The van der Waals surface area contributed by atoms with E-state index in [9.17, 15) is 14.4 Å². The Morgan fingerprint density at radius 3 is 2.34 bits per heavy atom. The zero-order chi connectivity index (χ0) is 24.4. The zero-order valence-corrected chi connectivity index (χ0v) is 19.1. The predicted octanol–water partition coefficient (Wildman–Crippen LogP) is 3.53. The van der Waals surface area contributed by atoms with Gasteiger partial charge in [-0.1, -0.05) is 24.3 Å². The number of ether oxygens (including phenoxy) is 1. The quantitative estimate of drug-likeness (QED) is 0.489. The first-order valence-electron chi connectivity index (χ1n) is 11.6. The minimum atomic E-state index is -0.210. The van der Waals surface area contributed by atoms with Crippen LogP contribution < -0.4 is 21.1 Å². The molecule has 1 aliphatic carbocycles. The number of rotatable bonds is 7. The van der Waals surface area contributed by atoms with E-state index in [4.69, 9.17) is 10.5 Å². The molecule has 0 unspecified atom stereocenters. The van der Waals surface area contributed by atoms with E-state index in [-0.39, 0.29) is 30.4 Å². The number of fused-ring (bicyclic) bond motifs is 1. The second-order valence-corrected chi connectivity index (χ2v) is 8.76. The van der Waals surface area contributed by atoms with Crippen molar-refractivity contribution < 1.29 is 19.1 Å². The van der Waals surface area contributed by atoms with Crippen LogP contribution in [0.3, 0.4) is 0 Å². The third-order valence-electron chi connectivity index (χ3n) is 6.13. The molecule has 1 saturated carbocycles. The van der Waals surface area contributed by atoms with Gasteiger partial charge in [-0.15, -0.1) is 0 Å². The fraction of sp³-hybridized carbons (Fsp3) is 0.222. The Hall–Kier alpha value is -4.17. The molecule has 3 aromatic carbocycles. The van der Waals surface area contributed by atoms with Crippen molar-refractivity contribution in [3.63, 3.8) is 0 Å². The largest absolute Gasteiger partial charge is 0.482 e. The summed E-state index contributed by atoms with van der Waals surface area (Å²) in [5, 5.41) is 5.62. The van der Waals surface area contributed by atoms with Crippen LogP contribution in [0.25, 0.3) is 0 Å². The molecular weight excluding hydrogens is 444 g/mol. The fourth-order valence-electron chi connectivity index (χ4n) is 4.01. The van der Waals surface area contributed by atoms with Gasteiger partial charge in [-0.05, 0) is 66.4 Å². The number of carbonyl (C=O) groups is 3. The Morgan fingerprint density at radius 2 is 1.66 bits per heavy atom. The van der Waals surface area contributed by atoms with E-state index in [1.54, 1.807) is 30.3 Å². The van der Waals surface area contributed by atoms with Gasteiger partial charge in [0.05, 0.1) is 5.69 Å². The molecule has 0 bridgehead atoms. The standard InChI is InChI=1S/C27H26N4O4/c28-14-17-3-8-21(9-4-17)29-26(33)19-5-1-18(2-6-19)15-31(22-10-11-22)27(34)20-7-12-23-24(13-20)35-16-25(32)30-23/h1-9,12-13,22H,10-11,14-16,28H2,(H,29,33)(H,30,32). The lowest BCUT2D eigenvalue weighted by atomic mass is 10.1. The molecule has 35 heavy (non-hydrogen) atoms. The predicted molar refractivity (Wildman–Crippen MR) is 132 cm³/mol. The highest BCUT2D eigenvalue weighted by atomic mass is 16.5. The van der Waals surface area contributed by atoms with Crippen molar-refractivity contribution in [2.24, 2.45) is 5.73 Å². The van der Waals surface area contributed by atoms with Crippen LogP contribution in [0.2, 0.25) is 0 Å². The molecule has 8 heteroatoms. The molecule has 178 valence electrons. The Bertz CT molecular complexity index is 1270. The molecule has 0 atom stereocenters. The van der Waals surface area contributed by atoms with Crippen molar-refractivity contribution in [1.82, 2.24) is 4.90 Å². The van der Waals surface area contributed by atoms with Crippen molar-refractivity contribution in [3.8, 4) is 5.75 Å². The van der Waals surface area contributed by atoms with Gasteiger partial charge in [0.2, 0.25) is 0 Å². The fourth-order valence-corrected chi connectivity index (χ4v) is 4.01. The highest BCUT2D eigenvalue weighted by Crippen LogP contribution is 2.33. The summed E-state index contributed by atoms with van der Waals surface area (Å²) in [5.74, 6) is 0.00362. The van der Waals surface area contributed by atoms with Gasteiger partial charge in [0.25, 0.3) is 17.7 Å². The normalized spacial score (nSPS) is 14.4. The van der Waals surface area contributed by atoms with E-state index in [2.05, 4.69) is 10.6 Å². The summed E-state index contributed by atoms with van der Waals surface area (Å²) < 4.78 is 5.46. The molecule has 0 saturated heterocycles. The van der Waals surface area contributed by atoms with Crippen molar-refractivity contribution in [2.75, 3.05) is 17.2 Å². The van der Waals surface area contributed by atoms with Crippen LogP contribution in [-0.4, -0.2) is 35.3 Å². The molecule has 3 aromatic rings. The minimum absolute atomic E-state index is 0.0596. The number of carbonyl (C=O) groups excluding carboxylic acids is 3. The molecule has 0 radical (unpaired) electrons. The summed E-state index contributed by atoms with van der Waals surface area (Å²) >= 11 is 0. The van der Waals surface area contributed by atoms with E-state index in [0.29, 0.717) is 41.3 Å². The number of benzene rings is 3. The van der Waals surface area contributed by atoms with Crippen LogP contribution in [0.15, 0.2) is 66.7 Å². The molecule has 0 aromatic heterocycles. The lowest BCUT2D eigenvalue weighted by molar-refractivity contribution is -0.118. The van der Waals surface area contributed by atoms with Crippen LogP contribution in [0, 0.1) is 0 Å². The van der Waals surface area contributed by atoms with Gasteiger partial charge in [-0.2, -0.15) is 0 Å². The molecule has 4 N–H and O–H groups in total. The number of nitrogens with two attached hydrogens (primary N) is 1. The Labute approximate surface area is 203 Å². The monoisotopic (exact) mass is 470 g/mol. The second-order valence-electron chi connectivity index (χ2n) is 8.76. The summed E-state index contributed by atoms with van der Waals surface area (Å²) in [6, 6.07) is 20.0. The first-order chi connectivity index (χ1) is 17.0. The van der Waals surface area contributed by atoms with Gasteiger partial charge in [0.15, 0.2) is 6.61 Å². The number of hydrogen-bond acceptors (Lipinski definition) is 5. The third kappa shape index (κ3) is 5.17. The lowest BCUT2D eigenvalue weighted by Gasteiger charge is -2.24. The smallest absolute Gasteiger partial charge is 0.262 e. The summed E-state index contributed by atoms with van der Waals surface area (Å²) in [6.45, 7) is 0.838. The average molecular weight is 471 g/mol. The van der Waals surface area contributed by atoms with E-state index in [1.807, 2.05) is 41.3 Å². The van der Waals surface area contributed by atoms with E-state index >= 15 is 0 Å². The molecule has 1 heterocycles. The first kappa shape index (κ1) is 22.6. The van der Waals surface area contributed by atoms with Crippen LogP contribution >= 0.6 is 0 Å². The topological polar surface area (TPSA) is 114 Å². The average Bonchev–Trinajstić information content (AvgIpc) is 3.73. The van der Waals surface area contributed by atoms with E-state index < -0.39 is 0 Å². The lowest BCUT2D eigenvalue weighted by Crippen LogP contribution is -2.33. The molecule has 2 aliphatic rings. The van der Waals surface area contributed by atoms with Gasteiger partial charge < -0.3 is 26.0 Å². The van der Waals surface area contributed by atoms with Crippen molar-refractivity contribution in [2.45, 2.75) is 32.0 Å². The van der Waals surface area contributed by atoms with Gasteiger partial charge >= 0.3 is 0 Å². The second kappa shape index (κ2) is 9.60. The number of anilines is 2. The molecular formula is C27H26N4O4. The van der Waals surface area contributed by atoms with Crippen LogP contribution in [-0.2, 0) is 17.9 Å². The van der Waals surface area contributed by atoms with E-state index in [0.717, 1.165) is 24.0 Å². The maximum Gasteiger partial charge on any atom is 0.262 e. The summed E-state index contributed by atoms with van der Waals surface area (Å²) in [4.78, 5) is 39.3. The first-order valence-corrected chi connectivity index (χ1v) is 11.6. The molecule has 8 nitrogen and oxygen atoms in total. The Balaban J connectivity index is 1.26. The third-order valence-corrected chi connectivity index (χ3v) is 6.13. The van der Waals surface area contributed by atoms with Gasteiger partial charge in [-0.25, -0.2) is 0 Å². The maximum atomic E-state index is 13.3. The summed E-state index contributed by atoms with van der Waals surface area (Å²) in [6.07, 6.45) is 1.93. The molecule has 3 amide bonds. The Kier molecular flexibility index (Phi) is 6.20. The summed E-state index contributed by atoms with van der Waals surface area (Å²) in [7, 11) is 0. The number of nitrogens with one attached hydrogen (secondary N) is 2. The van der Waals surface area contributed by atoms with E-state index in [1.165, 1.54) is 0 Å². The highest BCUT2D eigenvalue weighted by molar-refractivity contribution is 6.04. The van der Waals surface area contributed by atoms with Crippen molar-refractivity contribution in [3.05, 3.63) is 89.0 Å². The molecule has 5 rings (SSSR count). The van der Waals surface area contributed by atoms with Crippen LogP contribution in [0.1, 0.15) is 44.7 Å². The van der Waals surface area contributed by atoms with Crippen LogP contribution in [0.4, 0.5) is 11.4 Å². The van der Waals surface area contributed by atoms with Gasteiger partial charge in [0, 0.05) is 35.9 Å². The molecule has 0 spiro atoms.